The Balaban J connectivity index is 2.12. The normalized spacial score (nSPS) is 10.5. The first-order valence-electron chi connectivity index (χ1n) is 6.24. The fourth-order valence-electron chi connectivity index (χ4n) is 1.96. The van der Waals surface area contributed by atoms with Crippen molar-refractivity contribution in [2.45, 2.75) is 0 Å². The summed E-state index contributed by atoms with van der Waals surface area (Å²) in [5.41, 5.74) is 1.81. The molecule has 1 aromatic carbocycles. The highest BCUT2D eigenvalue weighted by molar-refractivity contribution is 5.72. The summed E-state index contributed by atoms with van der Waals surface area (Å²) in [5.74, 6) is 2.15. The molecular weight excluding hydrogens is 252 g/mol. The molecular formula is C15H14N4O. The van der Waals surface area contributed by atoms with Crippen LogP contribution < -0.4 is 4.90 Å². The minimum atomic E-state index is 0.660. The fraction of sp³-hybridized carbons (Fsp3) is 0.133. The number of hydrogen-bond donors (Lipinski definition) is 0. The molecule has 0 aliphatic carbocycles. The lowest BCUT2D eigenvalue weighted by molar-refractivity contribution is 0.571. The van der Waals surface area contributed by atoms with E-state index in [2.05, 4.69) is 15.0 Å². The molecule has 0 atom stereocenters. The molecule has 0 bridgehead atoms. The van der Waals surface area contributed by atoms with Crippen molar-refractivity contribution in [3.63, 3.8) is 0 Å². The first-order chi connectivity index (χ1) is 9.75. The zero-order valence-corrected chi connectivity index (χ0v) is 11.3. The van der Waals surface area contributed by atoms with E-state index in [-0.39, 0.29) is 0 Å². The monoisotopic (exact) mass is 266 g/mol. The van der Waals surface area contributed by atoms with Gasteiger partial charge in [0, 0.05) is 25.9 Å². The Morgan fingerprint density at radius 1 is 1.05 bits per heavy atom. The van der Waals surface area contributed by atoms with E-state index in [9.17, 15) is 0 Å². The number of anilines is 1. The molecule has 3 aromatic rings. The molecule has 5 heteroatoms. The molecule has 2 aromatic heterocycles. The zero-order chi connectivity index (χ0) is 13.9. The van der Waals surface area contributed by atoms with Gasteiger partial charge >= 0.3 is 0 Å². The van der Waals surface area contributed by atoms with Gasteiger partial charge in [-0.3, -0.25) is 0 Å². The Kier molecular flexibility index (Phi) is 3.16. The van der Waals surface area contributed by atoms with E-state index in [1.54, 1.807) is 12.4 Å². The minimum Gasteiger partial charge on any atom is -0.443 e. The number of benzene rings is 1. The van der Waals surface area contributed by atoms with Gasteiger partial charge in [-0.15, -0.1) is 0 Å². The van der Waals surface area contributed by atoms with Crippen LogP contribution in [-0.4, -0.2) is 29.0 Å². The highest BCUT2D eigenvalue weighted by atomic mass is 16.3. The van der Waals surface area contributed by atoms with Gasteiger partial charge in [0.2, 0.25) is 0 Å². The van der Waals surface area contributed by atoms with Crippen molar-refractivity contribution in [3.05, 3.63) is 49.1 Å². The third-order valence-electron chi connectivity index (χ3n) is 2.92. The Labute approximate surface area is 116 Å². The molecule has 3 rings (SSSR count). The lowest BCUT2D eigenvalue weighted by Gasteiger charge is -2.15. The summed E-state index contributed by atoms with van der Waals surface area (Å²) in [7, 11) is 3.88. The molecule has 2 heterocycles. The van der Waals surface area contributed by atoms with Crippen molar-refractivity contribution in [1.29, 1.82) is 0 Å². The second kappa shape index (κ2) is 5.13. The molecule has 0 spiro atoms. The van der Waals surface area contributed by atoms with Crippen LogP contribution in [0, 0.1) is 0 Å². The summed E-state index contributed by atoms with van der Waals surface area (Å²) in [6.07, 6.45) is 4.83. The van der Waals surface area contributed by atoms with Gasteiger partial charge in [-0.05, 0) is 0 Å². The van der Waals surface area contributed by atoms with Crippen molar-refractivity contribution in [2.24, 2.45) is 0 Å². The third-order valence-corrected chi connectivity index (χ3v) is 2.92. The highest BCUT2D eigenvalue weighted by Gasteiger charge is 2.14. The molecule has 0 aliphatic rings. The standard InChI is InChI=1S/C15H14N4O/c1-19(2)15-12(13-9-16-10-20-13)8-17-14(18-15)11-6-4-3-5-7-11/h3-10H,1-2H3. The maximum atomic E-state index is 5.34. The van der Waals surface area contributed by atoms with E-state index in [0.29, 0.717) is 11.6 Å². The van der Waals surface area contributed by atoms with Crippen LogP contribution >= 0.6 is 0 Å². The van der Waals surface area contributed by atoms with Crippen LogP contribution in [0.4, 0.5) is 5.82 Å². The summed E-state index contributed by atoms with van der Waals surface area (Å²) in [6, 6.07) is 9.89. The lowest BCUT2D eigenvalue weighted by atomic mass is 10.2. The van der Waals surface area contributed by atoms with Crippen molar-refractivity contribution >= 4 is 5.82 Å². The topological polar surface area (TPSA) is 55.1 Å². The average molecular weight is 266 g/mol. The zero-order valence-electron chi connectivity index (χ0n) is 11.3. The number of oxazole rings is 1. The Morgan fingerprint density at radius 3 is 2.50 bits per heavy atom. The molecule has 0 fully saturated rings. The van der Waals surface area contributed by atoms with Crippen molar-refractivity contribution in [1.82, 2.24) is 15.0 Å². The van der Waals surface area contributed by atoms with Gasteiger partial charge in [-0.25, -0.2) is 15.0 Å². The number of aromatic nitrogens is 3. The van der Waals surface area contributed by atoms with Crippen molar-refractivity contribution < 1.29 is 4.42 Å². The molecule has 100 valence electrons. The van der Waals surface area contributed by atoms with Gasteiger partial charge in [-0.2, -0.15) is 0 Å². The van der Waals surface area contributed by atoms with E-state index < -0.39 is 0 Å². The van der Waals surface area contributed by atoms with E-state index in [4.69, 9.17) is 4.42 Å². The van der Waals surface area contributed by atoms with E-state index in [1.165, 1.54) is 6.39 Å². The highest BCUT2D eigenvalue weighted by Crippen LogP contribution is 2.29. The largest absolute Gasteiger partial charge is 0.443 e. The minimum absolute atomic E-state index is 0.660. The van der Waals surface area contributed by atoms with Crippen LogP contribution in [0.1, 0.15) is 0 Å². The maximum Gasteiger partial charge on any atom is 0.181 e. The molecule has 5 nitrogen and oxygen atoms in total. The Bertz CT molecular complexity index is 693. The molecule has 0 unspecified atom stereocenters. The summed E-state index contributed by atoms with van der Waals surface area (Å²) < 4.78 is 5.34. The maximum absolute atomic E-state index is 5.34. The summed E-state index contributed by atoms with van der Waals surface area (Å²) in [5, 5.41) is 0. The molecule has 0 saturated heterocycles. The number of rotatable bonds is 3. The van der Waals surface area contributed by atoms with Gasteiger partial charge in [0.25, 0.3) is 0 Å². The summed E-state index contributed by atoms with van der Waals surface area (Å²) >= 11 is 0. The molecule has 0 N–H and O–H groups in total. The van der Waals surface area contributed by atoms with Gasteiger partial charge in [0.15, 0.2) is 18.0 Å². The summed E-state index contributed by atoms with van der Waals surface area (Å²) in [6.45, 7) is 0. The predicted molar refractivity (Wildman–Crippen MR) is 77.3 cm³/mol. The molecule has 0 amide bonds. The second-order valence-corrected chi connectivity index (χ2v) is 4.56. The van der Waals surface area contributed by atoms with Gasteiger partial charge in [0.1, 0.15) is 5.82 Å². The fourth-order valence-corrected chi connectivity index (χ4v) is 1.96. The quantitative estimate of drug-likeness (QED) is 0.729. The Morgan fingerprint density at radius 2 is 1.85 bits per heavy atom. The van der Waals surface area contributed by atoms with Gasteiger partial charge in [-0.1, -0.05) is 30.3 Å². The van der Waals surface area contributed by atoms with Crippen LogP contribution in [-0.2, 0) is 0 Å². The number of hydrogen-bond acceptors (Lipinski definition) is 5. The van der Waals surface area contributed by atoms with Crippen molar-refractivity contribution in [2.75, 3.05) is 19.0 Å². The predicted octanol–water partition coefficient (Wildman–Crippen LogP) is 2.86. The lowest BCUT2D eigenvalue weighted by Crippen LogP contribution is -2.13. The van der Waals surface area contributed by atoms with Crippen LogP contribution in [0.15, 0.2) is 53.5 Å². The smallest absolute Gasteiger partial charge is 0.181 e. The second-order valence-electron chi connectivity index (χ2n) is 4.56. The van der Waals surface area contributed by atoms with E-state index in [1.807, 2.05) is 49.3 Å². The average Bonchev–Trinajstić information content (AvgIpc) is 3.01. The van der Waals surface area contributed by atoms with E-state index >= 15 is 0 Å². The molecule has 0 aliphatic heterocycles. The SMILES string of the molecule is CN(C)c1nc(-c2ccccc2)ncc1-c1cnco1. The first-order valence-corrected chi connectivity index (χ1v) is 6.24. The molecule has 0 radical (unpaired) electrons. The van der Waals surface area contributed by atoms with Crippen LogP contribution in [0.2, 0.25) is 0 Å². The third kappa shape index (κ3) is 2.25. The van der Waals surface area contributed by atoms with Gasteiger partial charge in [0.05, 0.1) is 11.8 Å². The van der Waals surface area contributed by atoms with Crippen LogP contribution in [0.5, 0.6) is 0 Å². The van der Waals surface area contributed by atoms with Gasteiger partial charge < -0.3 is 9.32 Å². The molecule has 20 heavy (non-hydrogen) atoms. The molecule has 0 saturated carbocycles. The van der Waals surface area contributed by atoms with Crippen LogP contribution in [0.25, 0.3) is 22.7 Å². The van der Waals surface area contributed by atoms with Crippen molar-refractivity contribution in [3.8, 4) is 22.7 Å². The van der Waals surface area contributed by atoms with Crippen LogP contribution in [0.3, 0.4) is 0 Å². The Hall–Kier alpha value is -2.69. The first kappa shape index (κ1) is 12.3. The number of nitrogens with zero attached hydrogens (tertiary/aromatic N) is 4. The summed E-state index contributed by atoms with van der Waals surface area (Å²) in [4.78, 5) is 14.9. The van der Waals surface area contributed by atoms with E-state index in [0.717, 1.165) is 16.9 Å².